The summed E-state index contributed by atoms with van der Waals surface area (Å²) < 4.78 is 89.6. The molecule has 2 fully saturated rings. The summed E-state index contributed by atoms with van der Waals surface area (Å²) in [4.78, 5) is 25.2. The van der Waals surface area contributed by atoms with E-state index in [9.17, 15) is 40.3 Å². The number of nitrogens with one attached hydrogen (secondary N) is 4. The molecule has 2 aliphatic heterocycles. The van der Waals surface area contributed by atoms with E-state index in [1.165, 1.54) is 6.07 Å². The number of anilines is 2. The lowest BCUT2D eigenvalue weighted by atomic mass is 10.1. The lowest BCUT2D eigenvalue weighted by Gasteiger charge is -2.20. The molecule has 0 spiro atoms. The normalized spacial score (nSPS) is 18.4. The van der Waals surface area contributed by atoms with Crippen LogP contribution in [0.2, 0.25) is 5.02 Å². The number of urea groups is 2. The number of hydrogen-bond donors (Lipinski definition) is 4. The number of carbonyl (C=O) groups is 2. The Labute approximate surface area is 228 Å². The Morgan fingerprint density at radius 2 is 1.10 bits per heavy atom. The van der Waals surface area contributed by atoms with E-state index in [1.807, 2.05) is 0 Å². The van der Waals surface area contributed by atoms with Gasteiger partial charge in [-0.05, 0) is 64.1 Å². The molecule has 0 aliphatic carbocycles. The Hall–Kier alpha value is -3.88. The quantitative estimate of drug-likeness (QED) is 0.288. The van der Waals surface area contributed by atoms with E-state index in [4.69, 9.17) is 22.4 Å². The smallest absolute Gasteiger partial charge is 0.325 e. The van der Waals surface area contributed by atoms with E-state index in [0.717, 1.165) is 28.0 Å². The average molecular weight is 595 g/mol. The highest BCUT2D eigenvalue weighted by atomic mass is 35.5. The summed E-state index contributed by atoms with van der Waals surface area (Å²) in [7, 11) is 0. The van der Waals surface area contributed by atoms with Gasteiger partial charge in [0.05, 0.1) is 38.6 Å². The number of halogens is 8. The molecule has 0 atom stereocenters. The molecule has 2 aromatic carbocycles. The molecule has 2 heterocycles. The Morgan fingerprint density at radius 3 is 1.45 bits per heavy atom. The van der Waals surface area contributed by atoms with Crippen LogP contribution in [0, 0.1) is 16.6 Å². The molecule has 4 amide bonds. The lowest BCUT2D eigenvalue weighted by Crippen LogP contribution is -2.40. The summed E-state index contributed by atoms with van der Waals surface area (Å²) in [6, 6.07) is 3.90. The Morgan fingerprint density at radius 1 is 0.725 bits per heavy atom. The monoisotopic (exact) mass is 594 g/mol. The molecular formula is C24H22ClF7N6O2. The number of amides is 4. The van der Waals surface area contributed by atoms with E-state index in [-0.39, 0.29) is 23.0 Å². The zero-order valence-electron chi connectivity index (χ0n) is 21.2. The minimum Gasteiger partial charge on any atom is -0.325 e. The fraction of sp³-hybridized carbons (Fsp3) is 0.333. The summed E-state index contributed by atoms with van der Waals surface area (Å²) in [5, 5.41) is 20.2. The standard InChI is InChI=1S/C12H11ClF3N3O.C12H11F4N3O/c2*1-11(2)9(17)19(10(20)18-11)6-3-4-8(13)7(5-6)12(14,15)16/h2*3-5,17H,1-2H3,(H,18,20). The second kappa shape index (κ2) is 9.94. The van der Waals surface area contributed by atoms with Crippen LogP contribution in [0.25, 0.3) is 0 Å². The van der Waals surface area contributed by atoms with Gasteiger partial charge < -0.3 is 10.6 Å². The zero-order valence-corrected chi connectivity index (χ0v) is 22.0. The zero-order chi connectivity index (χ0) is 30.6. The van der Waals surface area contributed by atoms with Crippen LogP contribution in [0.5, 0.6) is 0 Å². The minimum atomic E-state index is -4.87. The van der Waals surface area contributed by atoms with Crippen LogP contribution in [0.1, 0.15) is 38.8 Å². The SMILES string of the molecule is CC1(C)NC(=O)N(c2ccc(Cl)c(C(F)(F)F)c2)C1=N.CC1(C)NC(=O)N(c2ccc(F)c(C(F)(F)F)c2)C1=N. The van der Waals surface area contributed by atoms with Crippen LogP contribution in [0.4, 0.5) is 51.7 Å². The van der Waals surface area contributed by atoms with Gasteiger partial charge in [-0.1, -0.05) is 11.6 Å². The molecule has 0 unspecified atom stereocenters. The van der Waals surface area contributed by atoms with Gasteiger partial charge in [-0.3, -0.25) is 10.8 Å². The first-order valence-corrected chi connectivity index (χ1v) is 11.6. The highest BCUT2D eigenvalue weighted by Gasteiger charge is 2.44. The van der Waals surface area contributed by atoms with Crippen molar-refractivity contribution in [1.29, 1.82) is 10.8 Å². The molecule has 4 rings (SSSR count). The summed E-state index contributed by atoms with van der Waals surface area (Å²) in [6.45, 7) is 6.27. The number of amidine groups is 2. The average Bonchev–Trinajstić information content (AvgIpc) is 3.13. The van der Waals surface area contributed by atoms with E-state index < -0.39 is 57.5 Å². The van der Waals surface area contributed by atoms with Crippen LogP contribution in [0.15, 0.2) is 36.4 Å². The Kier molecular flexibility index (Phi) is 7.62. The third-order valence-electron chi connectivity index (χ3n) is 5.90. The van der Waals surface area contributed by atoms with Crippen molar-refractivity contribution in [2.45, 2.75) is 51.1 Å². The van der Waals surface area contributed by atoms with Crippen LogP contribution in [-0.2, 0) is 12.4 Å². The van der Waals surface area contributed by atoms with Gasteiger partial charge in [-0.25, -0.2) is 23.8 Å². The third kappa shape index (κ3) is 5.83. The van der Waals surface area contributed by atoms with Crippen molar-refractivity contribution in [3.8, 4) is 0 Å². The van der Waals surface area contributed by atoms with Crippen molar-refractivity contribution in [3.63, 3.8) is 0 Å². The summed E-state index contributed by atoms with van der Waals surface area (Å²) in [5.41, 5.74) is -4.69. The van der Waals surface area contributed by atoms with E-state index in [0.29, 0.717) is 12.1 Å². The molecular weight excluding hydrogens is 573 g/mol. The van der Waals surface area contributed by atoms with Crippen molar-refractivity contribution < 1.29 is 40.3 Å². The van der Waals surface area contributed by atoms with Gasteiger partial charge in [0.2, 0.25) is 0 Å². The van der Waals surface area contributed by atoms with Crippen molar-refractivity contribution in [1.82, 2.24) is 10.6 Å². The molecule has 0 aromatic heterocycles. The van der Waals surface area contributed by atoms with E-state index in [1.54, 1.807) is 27.7 Å². The van der Waals surface area contributed by atoms with Gasteiger partial charge in [0.25, 0.3) is 0 Å². The van der Waals surface area contributed by atoms with Crippen molar-refractivity contribution in [3.05, 3.63) is 58.4 Å². The van der Waals surface area contributed by atoms with E-state index in [2.05, 4.69) is 10.6 Å². The predicted octanol–water partition coefficient (Wildman–Crippen LogP) is 6.77. The Bertz CT molecular complexity index is 1300. The molecule has 8 nitrogen and oxygen atoms in total. The Balaban J connectivity index is 0.000000220. The largest absolute Gasteiger partial charge is 0.419 e. The third-order valence-corrected chi connectivity index (χ3v) is 6.23. The van der Waals surface area contributed by atoms with Gasteiger partial charge in [0.1, 0.15) is 17.5 Å². The number of carbonyl (C=O) groups excluding carboxylic acids is 2. The summed E-state index contributed by atoms with van der Waals surface area (Å²) in [6.07, 6.45) is -9.49. The first kappa shape index (κ1) is 30.7. The van der Waals surface area contributed by atoms with E-state index >= 15 is 0 Å². The topological polar surface area (TPSA) is 112 Å². The van der Waals surface area contributed by atoms with Crippen LogP contribution in [-0.4, -0.2) is 34.8 Å². The second-order valence-corrected chi connectivity index (χ2v) is 10.2. The number of rotatable bonds is 2. The number of benzene rings is 2. The van der Waals surface area contributed by atoms with Gasteiger partial charge in [-0.15, -0.1) is 0 Å². The molecule has 4 N–H and O–H groups in total. The molecule has 0 radical (unpaired) electrons. The van der Waals surface area contributed by atoms with Crippen LogP contribution in [0.3, 0.4) is 0 Å². The molecule has 2 aliphatic rings. The molecule has 2 aromatic rings. The van der Waals surface area contributed by atoms with Crippen molar-refractivity contribution in [2.75, 3.05) is 9.80 Å². The highest BCUT2D eigenvalue weighted by molar-refractivity contribution is 6.32. The second-order valence-electron chi connectivity index (χ2n) is 9.80. The summed E-state index contributed by atoms with van der Waals surface area (Å²) in [5.74, 6) is -1.76. The highest BCUT2D eigenvalue weighted by Crippen LogP contribution is 2.38. The minimum absolute atomic E-state index is 0.0465. The number of alkyl halides is 6. The predicted molar refractivity (Wildman–Crippen MR) is 133 cm³/mol. The molecule has 216 valence electrons. The maximum atomic E-state index is 13.2. The number of hydrogen-bond acceptors (Lipinski definition) is 4. The molecule has 40 heavy (non-hydrogen) atoms. The van der Waals surface area contributed by atoms with Gasteiger partial charge in [0, 0.05) is 0 Å². The molecule has 0 bridgehead atoms. The molecule has 2 saturated heterocycles. The maximum Gasteiger partial charge on any atom is 0.419 e. The fourth-order valence-corrected chi connectivity index (χ4v) is 3.98. The van der Waals surface area contributed by atoms with Crippen molar-refractivity contribution in [2.24, 2.45) is 0 Å². The van der Waals surface area contributed by atoms with Gasteiger partial charge in [0.15, 0.2) is 0 Å². The van der Waals surface area contributed by atoms with Gasteiger partial charge >= 0.3 is 24.4 Å². The molecule has 0 saturated carbocycles. The maximum absolute atomic E-state index is 13.2. The van der Waals surface area contributed by atoms with Gasteiger partial charge in [-0.2, -0.15) is 26.3 Å². The first-order valence-electron chi connectivity index (χ1n) is 11.2. The molecule has 16 heteroatoms. The summed E-state index contributed by atoms with van der Waals surface area (Å²) >= 11 is 5.52. The van der Waals surface area contributed by atoms with Crippen LogP contribution >= 0.6 is 11.6 Å². The lowest BCUT2D eigenvalue weighted by molar-refractivity contribution is -0.140. The number of nitrogens with zero attached hydrogens (tertiary/aromatic N) is 2. The van der Waals surface area contributed by atoms with Crippen molar-refractivity contribution >= 4 is 46.7 Å². The first-order chi connectivity index (χ1) is 18.1. The fourth-order valence-electron chi connectivity index (χ4n) is 3.76. The van der Waals surface area contributed by atoms with Crippen LogP contribution < -0.4 is 20.4 Å².